The van der Waals surface area contributed by atoms with E-state index < -0.39 is 0 Å². The van der Waals surface area contributed by atoms with Crippen molar-refractivity contribution in [1.82, 2.24) is 9.88 Å². The molecule has 5 heteroatoms. The molecule has 0 saturated carbocycles. The number of nitrogens with zero attached hydrogens (tertiary/aromatic N) is 2. The molecular weight excluding hydrogens is 286 g/mol. The highest BCUT2D eigenvalue weighted by Crippen LogP contribution is 2.21. The molecule has 0 saturated heterocycles. The van der Waals surface area contributed by atoms with Crippen LogP contribution in [0, 0.1) is 0 Å². The Bertz CT molecular complexity index is 463. The van der Waals surface area contributed by atoms with E-state index in [0.717, 1.165) is 32.4 Å². The Morgan fingerprint density at radius 3 is 2.67 bits per heavy atom. The van der Waals surface area contributed by atoms with Gasteiger partial charge >= 0.3 is 0 Å². The van der Waals surface area contributed by atoms with Gasteiger partial charge in [-0.3, -0.25) is 4.79 Å². The summed E-state index contributed by atoms with van der Waals surface area (Å²) in [7, 11) is 0. The Hall–Kier alpha value is -1.29. The van der Waals surface area contributed by atoms with Crippen LogP contribution in [0.3, 0.4) is 0 Å². The fourth-order valence-corrected chi connectivity index (χ4v) is 2.35. The maximum atomic E-state index is 12.7. The third-order valence-electron chi connectivity index (χ3n) is 3.33. The van der Waals surface area contributed by atoms with E-state index >= 15 is 0 Å². The van der Waals surface area contributed by atoms with Crippen molar-refractivity contribution in [3.8, 4) is 0 Å². The summed E-state index contributed by atoms with van der Waals surface area (Å²) in [5, 5.41) is 3.52. The lowest BCUT2D eigenvalue weighted by Crippen LogP contribution is -2.38. The Labute approximate surface area is 132 Å². The van der Waals surface area contributed by atoms with Gasteiger partial charge < -0.3 is 10.2 Å². The molecule has 0 fully saturated rings. The monoisotopic (exact) mass is 311 g/mol. The van der Waals surface area contributed by atoms with Crippen LogP contribution in [0.4, 0.5) is 5.82 Å². The zero-order valence-corrected chi connectivity index (χ0v) is 14.2. The van der Waals surface area contributed by atoms with Gasteiger partial charge in [0, 0.05) is 25.3 Å². The number of aromatic nitrogens is 1. The molecule has 0 atom stereocenters. The highest BCUT2D eigenvalue weighted by Gasteiger charge is 2.21. The van der Waals surface area contributed by atoms with Crippen molar-refractivity contribution in [3.63, 3.8) is 0 Å². The first-order chi connectivity index (χ1) is 10.0. The highest BCUT2D eigenvalue weighted by atomic mass is 35.5. The number of carbonyl (C=O) groups excluding carboxylic acids is 1. The minimum atomic E-state index is -0.0207. The SMILES string of the molecule is CCCCCN(C(=O)c1cc(NCC)ncc1Cl)C(C)C. The average molecular weight is 312 g/mol. The van der Waals surface area contributed by atoms with E-state index in [-0.39, 0.29) is 11.9 Å². The molecule has 0 bridgehead atoms. The Balaban J connectivity index is 2.94. The summed E-state index contributed by atoms with van der Waals surface area (Å²) in [5.74, 6) is 0.662. The van der Waals surface area contributed by atoms with Crippen LogP contribution in [-0.4, -0.2) is 34.9 Å². The molecule has 0 unspecified atom stereocenters. The Kier molecular flexibility index (Phi) is 7.51. The van der Waals surface area contributed by atoms with Crippen LogP contribution in [0.25, 0.3) is 0 Å². The van der Waals surface area contributed by atoms with Crippen LogP contribution in [0.1, 0.15) is 57.3 Å². The number of hydrogen-bond acceptors (Lipinski definition) is 3. The van der Waals surface area contributed by atoms with Gasteiger partial charge in [0.1, 0.15) is 5.82 Å². The van der Waals surface area contributed by atoms with Gasteiger partial charge in [0.05, 0.1) is 10.6 Å². The molecule has 1 N–H and O–H groups in total. The van der Waals surface area contributed by atoms with E-state index in [1.54, 1.807) is 6.07 Å². The summed E-state index contributed by atoms with van der Waals surface area (Å²) in [4.78, 5) is 18.8. The van der Waals surface area contributed by atoms with E-state index in [4.69, 9.17) is 11.6 Å². The number of hydrogen-bond donors (Lipinski definition) is 1. The molecule has 0 spiro atoms. The predicted molar refractivity (Wildman–Crippen MR) is 89.1 cm³/mol. The Morgan fingerprint density at radius 1 is 1.38 bits per heavy atom. The molecule has 0 aromatic carbocycles. The molecule has 0 aliphatic rings. The minimum absolute atomic E-state index is 0.0207. The van der Waals surface area contributed by atoms with E-state index in [2.05, 4.69) is 17.2 Å². The van der Waals surface area contributed by atoms with Gasteiger partial charge in [-0.25, -0.2) is 4.98 Å². The topological polar surface area (TPSA) is 45.2 Å². The number of rotatable bonds is 8. The van der Waals surface area contributed by atoms with Gasteiger partial charge in [-0.2, -0.15) is 0 Å². The fourth-order valence-electron chi connectivity index (χ4n) is 2.16. The quantitative estimate of drug-likeness (QED) is 0.732. The van der Waals surface area contributed by atoms with Crippen LogP contribution in [0.5, 0.6) is 0 Å². The molecular formula is C16H26ClN3O. The molecule has 1 aromatic rings. The van der Waals surface area contributed by atoms with Crippen molar-refractivity contribution in [2.45, 2.75) is 53.0 Å². The highest BCUT2D eigenvalue weighted by molar-refractivity contribution is 6.33. The third kappa shape index (κ3) is 5.20. The van der Waals surface area contributed by atoms with Crippen molar-refractivity contribution in [3.05, 3.63) is 22.8 Å². The minimum Gasteiger partial charge on any atom is -0.370 e. The van der Waals surface area contributed by atoms with Gasteiger partial charge in [0.15, 0.2) is 0 Å². The van der Waals surface area contributed by atoms with E-state index in [0.29, 0.717) is 16.4 Å². The van der Waals surface area contributed by atoms with E-state index in [1.807, 2.05) is 25.7 Å². The summed E-state index contributed by atoms with van der Waals surface area (Å²) in [5.41, 5.74) is 0.521. The zero-order chi connectivity index (χ0) is 15.8. The lowest BCUT2D eigenvalue weighted by Gasteiger charge is -2.27. The van der Waals surface area contributed by atoms with Crippen molar-refractivity contribution >= 4 is 23.3 Å². The van der Waals surface area contributed by atoms with Crippen molar-refractivity contribution < 1.29 is 4.79 Å². The normalized spacial score (nSPS) is 10.8. The summed E-state index contributed by atoms with van der Waals surface area (Å²) in [6, 6.07) is 1.89. The second-order valence-electron chi connectivity index (χ2n) is 5.38. The number of carbonyl (C=O) groups is 1. The first-order valence-electron chi connectivity index (χ1n) is 7.71. The number of unbranched alkanes of at least 4 members (excludes halogenated alkanes) is 2. The summed E-state index contributed by atoms with van der Waals surface area (Å²) >= 11 is 6.16. The standard InChI is InChI=1S/C16H26ClN3O/c1-5-7-8-9-20(12(3)4)16(21)13-10-15(18-6-2)19-11-14(13)17/h10-12H,5-9H2,1-4H3,(H,18,19). The lowest BCUT2D eigenvalue weighted by atomic mass is 10.1. The van der Waals surface area contributed by atoms with E-state index in [1.165, 1.54) is 6.20 Å². The number of nitrogens with one attached hydrogen (secondary N) is 1. The number of anilines is 1. The number of amides is 1. The molecule has 118 valence electrons. The first kappa shape index (κ1) is 17.8. The molecule has 21 heavy (non-hydrogen) atoms. The lowest BCUT2D eigenvalue weighted by molar-refractivity contribution is 0.0702. The molecule has 1 amide bonds. The maximum absolute atomic E-state index is 12.7. The molecule has 0 aliphatic heterocycles. The van der Waals surface area contributed by atoms with Crippen LogP contribution >= 0.6 is 11.6 Å². The van der Waals surface area contributed by atoms with Gasteiger partial charge in [0.2, 0.25) is 0 Å². The second-order valence-corrected chi connectivity index (χ2v) is 5.79. The van der Waals surface area contributed by atoms with Gasteiger partial charge in [-0.1, -0.05) is 31.4 Å². The molecule has 0 aliphatic carbocycles. The van der Waals surface area contributed by atoms with Crippen LogP contribution in [-0.2, 0) is 0 Å². The van der Waals surface area contributed by atoms with Crippen LogP contribution in [0.2, 0.25) is 5.02 Å². The first-order valence-corrected chi connectivity index (χ1v) is 8.09. The van der Waals surface area contributed by atoms with Gasteiger partial charge in [-0.15, -0.1) is 0 Å². The molecule has 1 aromatic heterocycles. The predicted octanol–water partition coefficient (Wildman–Crippen LogP) is 4.21. The fraction of sp³-hybridized carbons (Fsp3) is 0.625. The Morgan fingerprint density at radius 2 is 2.10 bits per heavy atom. The average Bonchev–Trinajstić information content (AvgIpc) is 2.45. The summed E-state index contributed by atoms with van der Waals surface area (Å²) in [6.45, 7) is 9.73. The summed E-state index contributed by atoms with van der Waals surface area (Å²) in [6.07, 6.45) is 4.82. The van der Waals surface area contributed by atoms with Gasteiger partial charge in [-0.05, 0) is 33.3 Å². The molecule has 1 rings (SSSR count). The van der Waals surface area contributed by atoms with Crippen molar-refractivity contribution in [2.75, 3.05) is 18.4 Å². The maximum Gasteiger partial charge on any atom is 0.255 e. The van der Waals surface area contributed by atoms with Crippen LogP contribution in [0.15, 0.2) is 12.3 Å². The smallest absolute Gasteiger partial charge is 0.255 e. The second kappa shape index (κ2) is 8.88. The van der Waals surface area contributed by atoms with Crippen molar-refractivity contribution in [2.24, 2.45) is 0 Å². The van der Waals surface area contributed by atoms with Crippen molar-refractivity contribution in [1.29, 1.82) is 0 Å². The summed E-state index contributed by atoms with van der Waals surface area (Å²) < 4.78 is 0. The zero-order valence-electron chi connectivity index (χ0n) is 13.4. The largest absolute Gasteiger partial charge is 0.370 e. The number of halogens is 1. The number of pyridine rings is 1. The third-order valence-corrected chi connectivity index (χ3v) is 3.63. The van der Waals surface area contributed by atoms with Gasteiger partial charge in [0.25, 0.3) is 5.91 Å². The van der Waals surface area contributed by atoms with E-state index in [9.17, 15) is 4.79 Å². The molecule has 4 nitrogen and oxygen atoms in total. The molecule has 0 radical (unpaired) electrons. The molecule has 1 heterocycles. The van der Waals surface area contributed by atoms with Crippen LogP contribution < -0.4 is 5.32 Å².